The fourth-order valence-electron chi connectivity index (χ4n) is 0.788. The fraction of sp³-hybridized carbons (Fsp3) is 0.875. The summed E-state index contributed by atoms with van der Waals surface area (Å²) in [5, 5.41) is 3.06. The van der Waals surface area contributed by atoms with Crippen molar-refractivity contribution in [2.75, 3.05) is 47.3 Å². The number of methoxy groups -OCH3 is 2. The molecule has 5 nitrogen and oxygen atoms in total. The summed E-state index contributed by atoms with van der Waals surface area (Å²) in [5.74, 6) is -0.277. The van der Waals surface area contributed by atoms with Crippen LogP contribution < -0.4 is 5.09 Å². The Labute approximate surface area is 85.6 Å². The van der Waals surface area contributed by atoms with Crippen LogP contribution in [0.15, 0.2) is 0 Å². The van der Waals surface area contributed by atoms with E-state index in [1.165, 1.54) is 7.11 Å². The third-order valence-electron chi connectivity index (χ3n) is 1.64. The van der Waals surface area contributed by atoms with Gasteiger partial charge in [-0.1, -0.05) is 0 Å². The van der Waals surface area contributed by atoms with Crippen molar-refractivity contribution in [3.8, 4) is 0 Å². The molecule has 0 aromatic heterocycles. The Balaban J connectivity index is 3.65. The van der Waals surface area contributed by atoms with Crippen molar-refractivity contribution in [3.63, 3.8) is 0 Å². The van der Waals surface area contributed by atoms with Crippen LogP contribution in [-0.2, 0) is 18.8 Å². The first-order chi connectivity index (χ1) is 6.52. The summed E-state index contributed by atoms with van der Waals surface area (Å²) < 4.78 is 14.9. The zero-order valence-corrected chi connectivity index (χ0v) is 10.3. The monoisotopic (exact) mass is 225 g/mol. The normalized spacial score (nSPS) is 12.6. The molecule has 0 aromatic carbocycles. The Bertz CT molecular complexity index is 175. The predicted octanol–water partition coefficient (Wildman–Crippen LogP) is 0.251. The predicted molar refractivity (Wildman–Crippen MR) is 58.0 cm³/mol. The van der Waals surface area contributed by atoms with Crippen molar-refractivity contribution in [1.29, 1.82) is 0 Å². The minimum atomic E-state index is -1.95. The Kier molecular flexibility index (Phi) is 7.01. The van der Waals surface area contributed by atoms with Gasteiger partial charge in [0, 0.05) is 0 Å². The molecule has 0 unspecified atom stereocenters. The number of carbonyl (C=O) groups is 1. The van der Waals surface area contributed by atoms with Crippen LogP contribution in [0.25, 0.3) is 0 Å². The zero-order valence-electron chi connectivity index (χ0n) is 9.25. The van der Waals surface area contributed by atoms with Gasteiger partial charge >= 0.3 is 84.8 Å². The second kappa shape index (κ2) is 7.12. The van der Waals surface area contributed by atoms with Gasteiger partial charge in [-0.15, -0.1) is 0 Å². The molecule has 0 aliphatic rings. The molecule has 0 saturated carbocycles. The van der Waals surface area contributed by atoms with Crippen LogP contribution in [0.4, 0.5) is 0 Å². The summed E-state index contributed by atoms with van der Waals surface area (Å²) >= 11 is 0. The molecule has 0 aliphatic heterocycles. The second-order valence-electron chi connectivity index (χ2n) is 3.28. The van der Waals surface area contributed by atoms with Crippen molar-refractivity contribution in [2.24, 2.45) is 0 Å². The maximum atomic E-state index is 10.8. The van der Waals surface area contributed by atoms with E-state index in [2.05, 4.69) is 9.82 Å². The quantitative estimate of drug-likeness (QED) is 0.382. The first-order valence-corrected chi connectivity index (χ1v) is 7.37. The SMILES string of the molecule is COCCO[PH](C)(C)NCC(=O)OC. The summed E-state index contributed by atoms with van der Waals surface area (Å²) in [6, 6.07) is 0. The van der Waals surface area contributed by atoms with Crippen molar-refractivity contribution >= 4 is 13.6 Å². The van der Waals surface area contributed by atoms with E-state index in [0.29, 0.717) is 13.2 Å². The molecule has 0 amide bonds. The van der Waals surface area contributed by atoms with E-state index in [1.807, 2.05) is 13.3 Å². The second-order valence-corrected chi connectivity index (χ2v) is 6.94. The summed E-state index contributed by atoms with van der Waals surface area (Å²) in [4.78, 5) is 10.8. The van der Waals surface area contributed by atoms with Crippen molar-refractivity contribution in [2.45, 2.75) is 0 Å². The van der Waals surface area contributed by atoms with E-state index in [4.69, 9.17) is 9.26 Å². The third-order valence-corrected chi connectivity index (χ3v) is 3.59. The molecular weight excluding hydrogens is 205 g/mol. The Morgan fingerprint density at radius 1 is 1.29 bits per heavy atom. The van der Waals surface area contributed by atoms with Gasteiger partial charge in [-0.05, 0) is 0 Å². The van der Waals surface area contributed by atoms with E-state index in [-0.39, 0.29) is 12.5 Å². The zero-order chi connectivity index (χ0) is 11.0. The molecule has 6 heteroatoms. The number of carbonyl (C=O) groups excluding carboxylic acids is 1. The number of hydrogen-bond donors (Lipinski definition) is 1. The Morgan fingerprint density at radius 2 is 1.93 bits per heavy atom. The molecule has 0 radical (unpaired) electrons. The average Bonchev–Trinajstić information content (AvgIpc) is 2.14. The van der Waals surface area contributed by atoms with Crippen LogP contribution >= 0.6 is 7.64 Å². The third kappa shape index (κ3) is 7.21. The number of rotatable bonds is 7. The van der Waals surface area contributed by atoms with E-state index < -0.39 is 7.64 Å². The number of hydrogen-bond acceptors (Lipinski definition) is 5. The number of nitrogens with one attached hydrogen (secondary N) is 1. The molecule has 0 heterocycles. The van der Waals surface area contributed by atoms with Gasteiger partial charge in [-0.2, -0.15) is 0 Å². The van der Waals surface area contributed by atoms with Gasteiger partial charge in [-0.3, -0.25) is 0 Å². The molecule has 0 rings (SSSR count). The molecule has 0 aromatic rings. The van der Waals surface area contributed by atoms with Crippen LogP contribution in [0.2, 0.25) is 0 Å². The first kappa shape index (κ1) is 13.8. The summed E-state index contributed by atoms with van der Waals surface area (Å²) in [6.45, 7) is 5.26. The van der Waals surface area contributed by atoms with Crippen LogP contribution in [0.1, 0.15) is 0 Å². The summed E-state index contributed by atoms with van der Waals surface area (Å²) in [5.41, 5.74) is 0. The fourth-order valence-corrected chi connectivity index (χ4v) is 2.05. The molecular formula is C8H20NO4P. The van der Waals surface area contributed by atoms with E-state index in [0.717, 1.165) is 0 Å². The van der Waals surface area contributed by atoms with Gasteiger partial charge in [0.1, 0.15) is 0 Å². The minimum absolute atomic E-state index is 0.197. The molecule has 0 saturated heterocycles. The summed E-state index contributed by atoms with van der Waals surface area (Å²) in [6.07, 6.45) is 0. The Morgan fingerprint density at radius 3 is 2.43 bits per heavy atom. The standard InChI is InChI=1S/C8H20NO4P/c1-11-5-6-13-14(3,4)9-7-8(10)12-2/h9,14H,5-7H2,1-4H3. The molecule has 0 fully saturated rings. The van der Waals surface area contributed by atoms with Crippen molar-refractivity contribution in [3.05, 3.63) is 0 Å². The van der Waals surface area contributed by atoms with Gasteiger partial charge in [0.05, 0.1) is 0 Å². The van der Waals surface area contributed by atoms with Gasteiger partial charge in [0.2, 0.25) is 0 Å². The number of esters is 1. The molecule has 0 spiro atoms. The molecule has 14 heavy (non-hydrogen) atoms. The molecule has 0 atom stereocenters. The van der Waals surface area contributed by atoms with Crippen LogP contribution in [0, 0.1) is 0 Å². The van der Waals surface area contributed by atoms with Crippen molar-refractivity contribution in [1.82, 2.24) is 5.09 Å². The van der Waals surface area contributed by atoms with Gasteiger partial charge in [0.25, 0.3) is 0 Å². The molecule has 1 N–H and O–H groups in total. The molecule has 86 valence electrons. The maximum absolute atomic E-state index is 10.8. The van der Waals surface area contributed by atoms with Crippen LogP contribution in [-0.4, -0.2) is 53.3 Å². The summed E-state index contributed by atoms with van der Waals surface area (Å²) in [7, 11) is 1.04. The molecule has 0 bridgehead atoms. The molecule has 0 aliphatic carbocycles. The van der Waals surface area contributed by atoms with Gasteiger partial charge < -0.3 is 0 Å². The van der Waals surface area contributed by atoms with Gasteiger partial charge in [-0.25, -0.2) is 0 Å². The van der Waals surface area contributed by atoms with Crippen LogP contribution in [0.3, 0.4) is 0 Å². The Hall–Kier alpha value is -0.220. The topological polar surface area (TPSA) is 56.8 Å². The number of ether oxygens (including phenoxy) is 2. The van der Waals surface area contributed by atoms with E-state index in [1.54, 1.807) is 7.11 Å². The van der Waals surface area contributed by atoms with E-state index in [9.17, 15) is 4.79 Å². The first-order valence-electron chi connectivity index (χ1n) is 4.46. The average molecular weight is 225 g/mol. The van der Waals surface area contributed by atoms with Crippen molar-refractivity contribution < 1.29 is 18.8 Å². The van der Waals surface area contributed by atoms with Crippen LogP contribution in [0.5, 0.6) is 0 Å². The van der Waals surface area contributed by atoms with Gasteiger partial charge in [0.15, 0.2) is 0 Å². The van der Waals surface area contributed by atoms with E-state index >= 15 is 0 Å².